The molecule has 0 amide bonds. The number of hydrogen-bond donors (Lipinski definition) is 2. The van der Waals surface area contributed by atoms with Crippen molar-refractivity contribution in [2.24, 2.45) is 5.92 Å². The lowest BCUT2D eigenvalue weighted by atomic mass is 9.89. The van der Waals surface area contributed by atoms with E-state index in [-0.39, 0.29) is 0 Å². The summed E-state index contributed by atoms with van der Waals surface area (Å²) in [5.41, 5.74) is 8.04. The molecule has 1 aliphatic carbocycles. The lowest BCUT2D eigenvalue weighted by Gasteiger charge is -2.22. The molecule has 0 radical (unpaired) electrons. The monoisotopic (exact) mass is 288 g/mol. The number of pyridine rings is 1. The highest BCUT2D eigenvalue weighted by molar-refractivity contribution is 7.11. The fraction of sp³-hybridized carbons (Fsp3) is 0.467. The first-order valence-electron chi connectivity index (χ1n) is 7.24. The fourth-order valence-electron chi connectivity index (χ4n) is 2.84. The summed E-state index contributed by atoms with van der Waals surface area (Å²) < 4.78 is 4.29. The Labute approximate surface area is 123 Å². The van der Waals surface area contributed by atoms with Gasteiger partial charge in [-0.15, -0.1) is 0 Å². The first-order chi connectivity index (χ1) is 9.84. The topological polar surface area (TPSA) is 63.8 Å². The van der Waals surface area contributed by atoms with Gasteiger partial charge in [-0.05, 0) is 36.4 Å². The predicted octanol–water partition coefficient (Wildman–Crippen LogP) is 3.78. The number of nitrogens with zero attached hydrogens (tertiary/aromatic N) is 2. The van der Waals surface area contributed by atoms with Crippen molar-refractivity contribution in [1.29, 1.82) is 0 Å². The molecule has 20 heavy (non-hydrogen) atoms. The van der Waals surface area contributed by atoms with Crippen molar-refractivity contribution in [3.05, 3.63) is 24.5 Å². The molecule has 1 aliphatic rings. The minimum Gasteiger partial charge on any atom is -0.382 e. The van der Waals surface area contributed by atoms with Crippen LogP contribution < -0.4 is 11.1 Å². The molecule has 3 N–H and O–H groups in total. The molecule has 0 aliphatic heterocycles. The maximum atomic E-state index is 6.01. The Morgan fingerprint density at radius 2 is 2.15 bits per heavy atom. The van der Waals surface area contributed by atoms with Crippen LogP contribution in [0.1, 0.15) is 32.1 Å². The highest BCUT2D eigenvalue weighted by Gasteiger charge is 2.17. The van der Waals surface area contributed by atoms with E-state index in [0.717, 1.165) is 28.6 Å². The van der Waals surface area contributed by atoms with E-state index in [9.17, 15) is 0 Å². The van der Waals surface area contributed by atoms with Crippen LogP contribution in [0, 0.1) is 5.92 Å². The standard InChI is InChI=1S/C15H20N4S/c16-14-13(12-7-4-8-17-10-12)15(20-19-14)18-9-11-5-2-1-3-6-11/h4,7-8,10-11,18H,1-3,5-6,9H2,(H2,16,19). The molecule has 2 aromatic rings. The van der Waals surface area contributed by atoms with Gasteiger partial charge in [0.15, 0.2) is 0 Å². The molecule has 0 bridgehead atoms. The maximum Gasteiger partial charge on any atom is 0.147 e. The van der Waals surface area contributed by atoms with Crippen LogP contribution in [0.2, 0.25) is 0 Å². The number of nitrogens with one attached hydrogen (secondary N) is 1. The molecular formula is C15H20N4S. The number of anilines is 2. The summed E-state index contributed by atoms with van der Waals surface area (Å²) in [5.74, 6) is 1.38. The normalized spacial score (nSPS) is 16.2. The van der Waals surface area contributed by atoms with Gasteiger partial charge in [0.2, 0.25) is 0 Å². The van der Waals surface area contributed by atoms with Crippen LogP contribution in [-0.4, -0.2) is 15.9 Å². The first-order valence-corrected chi connectivity index (χ1v) is 8.01. The molecule has 3 rings (SSSR count). The fourth-order valence-corrected chi connectivity index (χ4v) is 3.58. The van der Waals surface area contributed by atoms with Crippen molar-refractivity contribution in [3.63, 3.8) is 0 Å². The van der Waals surface area contributed by atoms with Crippen LogP contribution in [0.5, 0.6) is 0 Å². The first kappa shape index (κ1) is 13.4. The number of nitrogens with two attached hydrogens (primary N) is 1. The van der Waals surface area contributed by atoms with Crippen LogP contribution >= 0.6 is 11.5 Å². The molecule has 0 aromatic carbocycles. The minimum atomic E-state index is 0.592. The van der Waals surface area contributed by atoms with Crippen LogP contribution in [-0.2, 0) is 0 Å². The van der Waals surface area contributed by atoms with Crippen LogP contribution in [0.25, 0.3) is 11.1 Å². The number of nitrogen functional groups attached to an aromatic ring is 1. The van der Waals surface area contributed by atoms with Gasteiger partial charge in [0.05, 0.1) is 5.56 Å². The van der Waals surface area contributed by atoms with Gasteiger partial charge in [0, 0.05) is 24.5 Å². The summed E-state index contributed by atoms with van der Waals surface area (Å²) in [6, 6.07) is 3.95. The van der Waals surface area contributed by atoms with Crippen molar-refractivity contribution >= 4 is 22.4 Å². The SMILES string of the molecule is Nc1nsc(NCC2CCCCC2)c1-c1cccnc1. The Bertz CT molecular complexity index is 546. The van der Waals surface area contributed by atoms with Crippen molar-refractivity contribution in [2.75, 3.05) is 17.6 Å². The van der Waals surface area contributed by atoms with Gasteiger partial charge in [-0.2, -0.15) is 4.37 Å². The van der Waals surface area contributed by atoms with Crippen LogP contribution in [0.15, 0.2) is 24.5 Å². The van der Waals surface area contributed by atoms with Gasteiger partial charge in [-0.3, -0.25) is 4.98 Å². The molecule has 0 atom stereocenters. The summed E-state index contributed by atoms with van der Waals surface area (Å²) >= 11 is 1.45. The Morgan fingerprint density at radius 1 is 1.30 bits per heavy atom. The summed E-state index contributed by atoms with van der Waals surface area (Å²) in [5, 5.41) is 4.62. The van der Waals surface area contributed by atoms with E-state index in [1.54, 1.807) is 6.20 Å². The Kier molecular flexibility index (Phi) is 4.16. The average Bonchev–Trinajstić information content (AvgIpc) is 2.88. The third-order valence-corrected chi connectivity index (χ3v) is 4.76. The summed E-state index contributed by atoms with van der Waals surface area (Å²) in [6.45, 7) is 1.02. The van der Waals surface area contributed by atoms with Crippen molar-refractivity contribution in [2.45, 2.75) is 32.1 Å². The second kappa shape index (κ2) is 6.22. The van der Waals surface area contributed by atoms with Gasteiger partial charge >= 0.3 is 0 Å². The van der Waals surface area contributed by atoms with E-state index < -0.39 is 0 Å². The Balaban J connectivity index is 1.74. The maximum absolute atomic E-state index is 6.01. The zero-order valence-electron chi connectivity index (χ0n) is 11.5. The smallest absolute Gasteiger partial charge is 0.147 e. The summed E-state index contributed by atoms with van der Waals surface area (Å²) in [4.78, 5) is 4.17. The largest absolute Gasteiger partial charge is 0.382 e. The number of hydrogen-bond acceptors (Lipinski definition) is 5. The van der Waals surface area contributed by atoms with Gasteiger partial charge in [0.25, 0.3) is 0 Å². The third-order valence-electron chi connectivity index (χ3n) is 3.94. The van der Waals surface area contributed by atoms with E-state index in [1.807, 2.05) is 18.3 Å². The zero-order valence-corrected chi connectivity index (χ0v) is 12.3. The van der Waals surface area contributed by atoms with Gasteiger partial charge in [-0.1, -0.05) is 25.3 Å². The molecule has 0 saturated heterocycles. The highest BCUT2D eigenvalue weighted by Crippen LogP contribution is 2.36. The van der Waals surface area contributed by atoms with Gasteiger partial charge in [-0.25, -0.2) is 0 Å². The van der Waals surface area contributed by atoms with E-state index in [1.165, 1.54) is 43.6 Å². The molecule has 1 fully saturated rings. The van der Waals surface area contributed by atoms with Crippen molar-refractivity contribution in [3.8, 4) is 11.1 Å². The number of rotatable bonds is 4. The Hall–Kier alpha value is -1.62. The van der Waals surface area contributed by atoms with Gasteiger partial charge in [0.1, 0.15) is 10.8 Å². The minimum absolute atomic E-state index is 0.592. The van der Waals surface area contributed by atoms with E-state index in [0.29, 0.717) is 5.82 Å². The molecule has 2 heterocycles. The van der Waals surface area contributed by atoms with Crippen LogP contribution in [0.3, 0.4) is 0 Å². The van der Waals surface area contributed by atoms with Crippen LogP contribution in [0.4, 0.5) is 10.8 Å². The summed E-state index contributed by atoms with van der Waals surface area (Å²) in [6.07, 6.45) is 10.4. The molecule has 5 heteroatoms. The Morgan fingerprint density at radius 3 is 2.90 bits per heavy atom. The second-order valence-corrected chi connectivity index (χ2v) is 6.17. The highest BCUT2D eigenvalue weighted by atomic mass is 32.1. The lowest BCUT2D eigenvalue weighted by Crippen LogP contribution is -2.16. The average molecular weight is 288 g/mol. The summed E-state index contributed by atoms with van der Waals surface area (Å²) in [7, 11) is 0. The molecule has 1 saturated carbocycles. The lowest BCUT2D eigenvalue weighted by molar-refractivity contribution is 0.373. The third kappa shape index (κ3) is 2.93. The number of aromatic nitrogens is 2. The second-order valence-electron chi connectivity index (χ2n) is 5.40. The van der Waals surface area contributed by atoms with Crippen molar-refractivity contribution < 1.29 is 0 Å². The zero-order chi connectivity index (χ0) is 13.8. The van der Waals surface area contributed by atoms with E-state index >= 15 is 0 Å². The molecule has 106 valence electrons. The van der Waals surface area contributed by atoms with E-state index in [4.69, 9.17) is 5.73 Å². The quantitative estimate of drug-likeness (QED) is 0.898. The molecule has 0 spiro atoms. The predicted molar refractivity (Wildman–Crippen MR) is 84.8 cm³/mol. The molecule has 2 aromatic heterocycles. The molecule has 0 unspecified atom stereocenters. The van der Waals surface area contributed by atoms with Gasteiger partial charge < -0.3 is 11.1 Å². The molecule has 4 nitrogen and oxygen atoms in total. The van der Waals surface area contributed by atoms with E-state index in [2.05, 4.69) is 14.7 Å². The molecular weight excluding hydrogens is 268 g/mol. The van der Waals surface area contributed by atoms with Crippen molar-refractivity contribution in [1.82, 2.24) is 9.36 Å².